The molecule has 0 saturated heterocycles. The van der Waals surface area contributed by atoms with Gasteiger partial charge in [-0.1, -0.05) is 6.58 Å². The van der Waals surface area contributed by atoms with Gasteiger partial charge in [0.25, 0.3) is 0 Å². The van der Waals surface area contributed by atoms with Gasteiger partial charge in [-0.2, -0.15) is 0 Å². The van der Waals surface area contributed by atoms with Crippen molar-refractivity contribution in [3.63, 3.8) is 0 Å². The van der Waals surface area contributed by atoms with Gasteiger partial charge in [0.05, 0.1) is 57.7 Å². The van der Waals surface area contributed by atoms with E-state index in [-0.39, 0.29) is 91.0 Å². The molecule has 0 heterocycles. The highest BCUT2D eigenvalue weighted by molar-refractivity contribution is 5.97. The Balaban J connectivity index is 1.26. The van der Waals surface area contributed by atoms with Crippen LogP contribution >= 0.6 is 0 Å². The maximum absolute atomic E-state index is 13.2. The second-order valence-corrected chi connectivity index (χ2v) is 14.1. The molecule has 1 aliphatic rings. The van der Waals surface area contributed by atoms with Gasteiger partial charge < -0.3 is 47.4 Å². The number of esters is 9. The van der Waals surface area contributed by atoms with Gasteiger partial charge in [0.2, 0.25) is 0 Å². The van der Waals surface area contributed by atoms with Gasteiger partial charge >= 0.3 is 53.7 Å². The number of ether oxygens (including phenoxy) is 10. The molecule has 19 nitrogen and oxygen atoms in total. The maximum Gasteiger partial charge on any atom is 0.343 e. The van der Waals surface area contributed by atoms with Crippen molar-refractivity contribution in [2.75, 3.05) is 40.6 Å². The molecule has 0 spiro atoms. The minimum Gasteiger partial charge on any atom is -0.494 e. The Labute approximate surface area is 373 Å². The van der Waals surface area contributed by atoms with Crippen LogP contribution in [0.2, 0.25) is 0 Å². The first-order valence-corrected chi connectivity index (χ1v) is 20.3. The average molecular weight is 905 g/mol. The van der Waals surface area contributed by atoms with Gasteiger partial charge in [0.15, 0.2) is 0 Å². The fraction of sp³-hybridized carbons (Fsp3) is 0.370. The summed E-state index contributed by atoms with van der Waals surface area (Å²) in [6, 6.07) is 13.7. The zero-order valence-corrected chi connectivity index (χ0v) is 36.0. The molecule has 0 N–H and O–H groups in total. The summed E-state index contributed by atoms with van der Waals surface area (Å²) in [5.41, 5.74) is -0.238. The molecule has 0 unspecified atom stereocenters. The van der Waals surface area contributed by atoms with Crippen LogP contribution in [0.3, 0.4) is 0 Å². The number of rotatable bonds is 22. The van der Waals surface area contributed by atoms with Crippen molar-refractivity contribution in [3.05, 3.63) is 90.0 Å². The van der Waals surface area contributed by atoms with E-state index in [1.54, 1.807) is 12.1 Å². The van der Waals surface area contributed by atoms with Crippen molar-refractivity contribution in [2.45, 2.75) is 58.3 Å². The summed E-state index contributed by atoms with van der Waals surface area (Å²) >= 11 is 0. The summed E-state index contributed by atoms with van der Waals surface area (Å²) in [5.74, 6) is -7.54. The summed E-state index contributed by atoms with van der Waals surface area (Å²) in [6.07, 6.45) is 2.50. The second kappa shape index (κ2) is 25.5. The molecule has 1 fully saturated rings. The average Bonchev–Trinajstić information content (AvgIpc) is 3.31. The number of hydrogen-bond donors (Lipinski definition) is 0. The fourth-order valence-corrected chi connectivity index (χ4v) is 6.09. The smallest absolute Gasteiger partial charge is 0.343 e. The van der Waals surface area contributed by atoms with Gasteiger partial charge in [0.1, 0.15) is 53.1 Å². The molecule has 4 rings (SSSR count). The molecule has 0 atom stereocenters. The third-order valence-electron chi connectivity index (χ3n) is 9.46. The number of unbranched alkanes of at least 4 members (excludes halogenated alkanes) is 1. The molecule has 1 saturated carbocycles. The van der Waals surface area contributed by atoms with E-state index in [1.807, 2.05) is 0 Å². The Morgan fingerprint density at radius 2 is 1.05 bits per heavy atom. The topological polar surface area (TPSA) is 246 Å². The molecule has 1 aliphatic carbocycles. The quantitative estimate of drug-likeness (QED) is 0.0398. The van der Waals surface area contributed by atoms with Crippen LogP contribution in [0.5, 0.6) is 28.7 Å². The Morgan fingerprint density at radius 3 is 1.57 bits per heavy atom. The molecule has 0 aliphatic heterocycles. The number of carbonyl (C=O) groups excluding carboxylic acids is 9. The SMILES string of the molecule is C=CC(=O)OCCOC(=O)CCC(=O)Oc1ccc(OC(=O)C2CCC(C(=O)Oc3ccc(OC(=O)c4ccc(OCCCCOC(C)=O)cc4)c(C(=O)OC)c3)CC2)cc1C(=O)OC. The first kappa shape index (κ1) is 50.1. The van der Waals surface area contributed by atoms with E-state index in [4.69, 9.17) is 47.4 Å². The van der Waals surface area contributed by atoms with E-state index in [0.717, 1.165) is 26.4 Å². The van der Waals surface area contributed by atoms with Crippen LogP contribution < -0.4 is 23.7 Å². The van der Waals surface area contributed by atoms with Crippen molar-refractivity contribution in [2.24, 2.45) is 11.8 Å². The van der Waals surface area contributed by atoms with Crippen LogP contribution in [-0.2, 0) is 52.5 Å². The monoisotopic (exact) mass is 904 g/mol. The minimum atomic E-state index is -0.900. The third-order valence-corrected chi connectivity index (χ3v) is 9.46. The Kier molecular flexibility index (Phi) is 19.7. The summed E-state index contributed by atoms with van der Waals surface area (Å²) in [5, 5.41) is 0. The lowest BCUT2D eigenvalue weighted by atomic mass is 9.82. The fourth-order valence-electron chi connectivity index (χ4n) is 6.09. The van der Waals surface area contributed by atoms with E-state index in [9.17, 15) is 43.2 Å². The second-order valence-electron chi connectivity index (χ2n) is 14.1. The zero-order chi connectivity index (χ0) is 47.3. The summed E-state index contributed by atoms with van der Waals surface area (Å²) in [6.45, 7) is 4.82. The lowest BCUT2D eigenvalue weighted by Gasteiger charge is -2.26. The molecule has 19 heteroatoms. The molecule has 0 bridgehead atoms. The van der Waals surface area contributed by atoms with Crippen LogP contribution in [0.1, 0.15) is 89.4 Å². The van der Waals surface area contributed by atoms with Gasteiger partial charge in [0, 0.05) is 13.0 Å². The van der Waals surface area contributed by atoms with Crippen molar-refractivity contribution in [3.8, 4) is 28.7 Å². The Bertz CT molecular complexity index is 2220. The molecule has 346 valence electrons. The molecule has 3 aromatic rings. The van der Waals surface area contributed by atoms with Crippen molar-refractivity contribution in [1.82, 2.24) is 0 Å². The molecule has 0 amide bonds. The van der Waals surface area contributed by atoms with E-state index in [0.29, 0.717) is 31.8 Å². The van der Waals surface area contributed by atoms with Crippen LogP contribution in [0.4, 0.5) is 0 Å². The standard InChI is InChI=1S/C46H48O19/c1-5-39(48)60-24-25-61-40(49)20-21-41(50)64-37-18-16-33(26-35(37)45(54)56-3)62-42(51)29-8-10-30(11-9-29)43(52)63-34-17-19-38(36(27-34)46(55)57-4)65-44(53)31-12-14-32(15-13-31)59-23-7-6-22-58-28(2)47/h5,12-19,26-27,29-30H,1,6-11,20-25H2,2-4H3. The predicted molar refractivity (Wildman–Crippen MR) is 222 cm³/mol. The number of methoxy groups -OCH3 is 2. The first-order valence-electron chi connectivity index (χ1n) is 20.3. The molecule has 65 heavy (non-hydrogen) atoms. The van der Waals surface area contributed by atoms with E-state index in [2.05, 4.69) is 6.58 Å². The van der Waals surface area contributed by atoms with Crippen molar-refractivity contribution >= 4 is 53.7 Å². The normalized spacial score (nSPS) is 14.0. The van der Waals surface area contributed by atoms with Gasteiger partial charge in [-0.3, -0.25) is 24.0 Å². The zero-order valence-electron chi connectivity index (χ0n) is 36.0. The third kappa shape index (κ3) is 16.3. The maximum atomic E-state index is 13.2. The van der Waals surface area contributed by atoms with Crippen molar-refractivity contribution < 1.29 is 90.5 Å². The van der Waals surface area contributed by atoms with Crippen LogP contribution in [0.25, 0.3) is 0 Å². The molecular formula is C46H48O19. The highest BCUT2D eigenvalue weighted by Crippen LogP contribution is 2.34. The molecule has 0 aromatic heterocycles. The molecule has 3 aromatic carbocycles. The highest BCUT2D eigenvalue weighted by atomic mass is 16.6. The van der Waals surface area contributed by atoms with Crippen LogP contribution in [0.15, 0.2) is 73.3 Å². The van der Waals surface area contributed by atoms with Gasteiger partial charge in [-0.25, -0.2) is 19.2 Å². The number of benzene rings is 3. The summed E-state index contributed by atoms with van der Waals surface area (Å²) < 4.78 is 51.6. The van der Waals surface area contributed by atoms with Crippen LogP contribution in [0, 0.1) is 11.8 Å². The molecular weight excluding hydrogens is 856 g/mol. The van der Waals surface area contributed by atoms with Crippen molar-refractivity contribution in [1.29, 1.82) is 0 Å². The van der Waals surface area contributed by atoms with Gasteiger partial charge in [-0.05, 0) is 99.2 Å². The van der Waals surface area contributed by atoms with Gasteiger partial charge in [-0.15, -0.1) is 0 Å². The van der Waals surface area contributed by atoms with E-state index < -0.39 is 66.0 Å². The van der Waals surface area contributed by atoms with Crippen LogP contribution in [-0.4, -0.2) is 94.4 Å². The number of carbonyl (C=O) groups is 9. The largest absolute Gasteiger partial charge is 0.494 e. The number of hydrogen-bond acceptors (Lipinski definition) is 19. The lowest BCUT2D eigenvalue weighted by Crippen LogP contribution is -2.30. The predicted octanol–water partition coefficient (Wildman–Crippen LogP) is 5.48. The summed E-state index contributed by atoms with van der Waals surface area (Å²) in [4.78, 5) is 111. The highest BCUT2D eigenvalue weighted by Gasteiger charge is 2.33. The lowest BCUT2D eigenvalue weighted by molar-refractivity contribution is -0.151. The first-order chi connectivity index (χ1) is 31.2. The van der Waals surface area contributed by atoms with E-state index in [1.165, 1.54) is 49.4 Å². The minimum absolute atomic E-state index is 0.00942. The Hall–Kier alpha value is -7.57. The molecule has 0 radical (unpaired) electrons. The summed E-state index contributed by atoms with van der Waals surface area (Å²) in [7, 11) is 2.24. The Morgan fingerprint density at radius 1 is 0.554 bits per heavy atom. The van der Waals surface area contributed by atoms with E-state index >= 15 is 0 Å².